The van der Waals surface area contributed by atoms with E-state index in [0.29, 0.717) is 16.7 Å². The van der Waals surface area contributed by atoms with Gasteiger partial charge in [-0.3, -0.25) is 20.2 Å². The van der Waals surface area contributed by atoms with Crippen molar-refractivity contribution in [3.8, 4) is 0 Å². The van der Waals surface area contributed by atoms with Crippen LogP contribution in [0, 0.1) is 15.9 Å². The molecule has 7 heteroatoms. The van der Waals surface area contributed by atoms with Gasteiger partial charge in [0.15, 0.2) is 0 Å². The molecule has 2 heterocycles. The lowest BCUT2D eigenvalue weighted by atomic mass is 9.74. The Kier molecular flexibility index (Phi) is 4.37. The molecule has 1 amide bonds. The van der Waals surface area contributed by atoms with Gasteiger partial charge in [0.1, 0.15) is 17.4 Å². The fraction of sp³-hybridized carbons (Fsp3) is 0.208. The van der Waals surface area contributed by atoms with Gasteiger partial charge in [0.05, 0.1) is 5.92 Å². The molecule has 1 fully saturated rings. The van der Waals surface area contributed by atoms with Gasteiger partial charge in [-0.2, -0.15) is 0 Å². The van der Waals surface area contributed by atoms with Gasteiger partial charge in [-0.1, -0.05) is 60.7 Å². The van der Waals surface area contributed by atoms with Gasteiger partial charge in [-0.25, -0.2) is 4.39 Å². The van der Waals surface area contributed by atoms with Gasteiger partial charge in [-0.15, -0.1) is 0 Å². The molecular weight excluding hydrogens is 397 g/mol. The number of amides is 1. The van der Waals surface area contributed by atoms with Gasteiger partial charge in [-0.05, 0) is 29.3 Å². The molecule has 5 rings (SSSR count). The molecule has 3 aromatic rings. The highest BCUT2D eigenvalue weighted by atomic mass is 19.1. The van der Waals surface area contributed by atoms with Crippen LogP contribution in [0.15, 0.2) is 78.9 Å². The molecule has 0 aromatic heterocycles. The number of likely N-dealkylation sites (N-methyl/N-ethyl adjacent to an activating group) is 1. The summed E-state index contributed by atoms with van der Waals surface area (Å²) in [5.74, 6) is -1.41. The third-order valence-corrected chi connectivity index (χ3v) is 6.50. The highest BCUT2D eigenvalue weighted by Gasteiger charge is 2.67. The lowest BCUT2D eigenvalue weighted by molar-refractivity contribution is -0.527. The number of nitrogens with one attached hydrogen (secondary N) is 1. The Morgan fingerprint density at radius 2 is 1.61 bits per heavy atom. The number of para-hydroxylation sites is 1. The number of hydrogen-bond acceptors (Lipinski definition) is 4. The molecule has 2 aliphatic heterocycles. The zero-order chi connectivity index (χ0) is 21.8. The van der Waals surface area contributed by atoms with Crippen molar-refractivity contribution in [2.24, 2.45) is 0 Å². The Morgan fingerprint density at radius 3 is 2.29 bits per heavy atom. The maximum absolute atomic E-state index is 13.8. The molecule has 1 N–H and O–H groups in total. The Balaban J connectivity index is 1.78. The zero-order valence-electron chi connectivity index (χ0n) is 16.7. The number of rotatable bonds is 3. The topological polar surface area (TPSA) is 75.5 Å². The Hall–Kier alpha value is -3.58. The number of halogens is 1. The predicted molar refractivity (Wildman–Crippen MR) is 114 cm³/mol. The van der Waals surface area contributed by atoms with E-state index in [4.69, 9.17) is 0 Å². The Labute approximate surface area is 178 Å². The number of carbonyl (C=O) groups excluding carboxylic acids is 1. The van der Waals surface area contributed by atoms with Crippen LogP contribution in [0.1, 0.15) is 28.7 Å². The van der Waals surface area contributed by atoms with Crippen molar-refractivity contribution in [2.75, 3.05) is 11.9 Å². The minimum absolute atomic E-state index is 0.237. The molecule has 0 bridgehead atoms. The summed E-state index contributed by atoms with van der Waals surface area (Å²) in [7, 11) is 1.69. The van der Waals surface area contributed by atoms with Crippen LogP contribution in [0.4, 0.5) is 10.1 Å². The summed E-state index contributed by atoms with van der Waals surface area (Å²) < 4.78 is 13.6. The summed E-state index contributed by atoms with van der Waals surface area (Å²) in [6.07, 6.45) is 0. The molecule has 1 saturated heterocycles. The van der Waals surface area contributed by atoms with Crippen LogP contribution < -0.4 is 10.2 Å². The second-order valence-corrected chi connectivity index (χ2v) is 8.03. The molecule has 2 aliphatic rings. The van der Waals surface area contributed by atoms with E-state index in [1.807, 2.05) is 54.6 Å². The number of fused-ring (bicyclic) bond motifs is 2. The number of carbonyl (C=O) groups is 1. The van der Waals surface area contributed by atoms with Gasteiger partial charge >= 0.3 is 0 Å². The average molecular weight is 417 g/mol. The number of anilines is 1. The average Bonchev–Trinajstić information content (AvgIpc) is 3.25. The van der Waals surface area contributed by atoms with E-state index in [1.165, 1.54) is 12.1 Å². The lowest BCUT2D eigenvalue weighted by Gasteiger charge is -2.30. The van der Waals surface area contributed by atoms with Crippen LogP contribution in [0.2, 0.25) is 0 Å². The van der Waals surface area contributed by atoms with E-state index in [0.717, 1.165) is 5.69 Å². The van der Waals surface area contributed by atoms with Crippen molar-refractivity contribution in [2.45, 2.75) is 23.5 Å². The summed E-state index contributed by atoms with van der Waals surface area (Å²) in [6, 6.07) is 20.3. The lowest BCUT2D eigenvalue weighted by Crippen LogP contribution is -2.50. The molecular formula is C24H20FN3O3. The summed E-state index contributed by atoms with van der Waals surface area (Å²) in [6.45, 7) is 0. The van der Waals surface area contributed by atoms with Crippen molar-refractivity contribution in [3.63, 3.8) is 0 Å². The van der Waals surface area contributed by atoms with Crippen LogP contribution >= 0.6 is 0 Å². The quantitative estimate of drug-likeness (QED) is 0.520. The van der Waals surface area contributed by atoms with Gasteiger partial charge < -0.3 is 4.90 Å². The van der Waals surface area contributed by atoms with Gasteiger partial charge in [0.2, 0.25) is 6.04 Å². The van der Waals surface area contributed by atoms with E-state index < -0.39 is 29.4 Å². The normalized spacial score (nSPS) is 27.0. The molecule has 1 spiro atoms. The summed E-state index contributed by atoms with van der Waals surface area (Å²) in [5.41, 5.74) is 1.42. The highest BCUT2D eigenvalue weighted by molar-refractivity contribution is 6.08. The smallest absolute Gasteiger partial charge is 0.252 e. The van der Waals surface area contributed by atoms with Crippen LogP contribution in [-0.2, 0) is 10.3 Å². The second-order valence-electron chi connectivity index (χ2n) is 8.03. The molecule has 6 nitrogen and oxygen atoms in total. The first-order valence-electron chi connectivity index (χ1n) is 10.0. The van der Waals surface area contributed by atoms with E-state index in [2.05, 4.69) is 5.32 Å². The molecule has 0 saturated carbocycles. The van der Waals surface area contributed by atoms with Crippen LogP contribution in [0.3, 0.4) is 0 Å². The monoisotopic (exact) mass is 417 g/mol. The van der Waals surface area contributed by atoms with Crippen molar-refractivity contribution in [1.82, 2.24) is 5.32 Å². The summed E-state index contributed by atoms with van der Waals surface area (Å²) in [5, 5.41) is 15.8. The van der Waals surface area contributed by atoms with Crippen molar-refractivity contribution in [3.05, 3.63) is 111 Å². The van der Waals surface area contributed by atoms with E-state index in [-0.39, 0.29) is 10.8 Å². The number of benzene rings is 3. The first-order chi connectivity index (χ1) is 14.9. The third-order valence-electron chi connectivity index (χ3n) is 6.50. The molecule has 31 heavy (non-hydrogen) atoms. The first kappa shape index (κ1) is 19.4. The Morgan fingerprint density at radius 1 is 0.968 bits per heavy atom. The maximum atomic E-state index is 13.8. The van der Waals surface area contributed by atoms with Crippen LogP contribution in [-0.4, -0.2) is 23.9 Å². The van der Waals surface area contributed by atoms with E-state index >= 15 is 0 Å². The second kappa shape index (κ2) is 6.99. The minimum Gasteiger partial charge on any atom is -0.313 e. The third kappa shape index (κ3) is 2.70. The van der Waals surface area contributed by atoms with Crippen molar-refractivity contribution < 1.29 is 14.1 Å². The van der Waals surface area contributed by atoms with Gasteiger partial charge in [0, 0.05) is 23.2 Å². The Bertz CT molecular complexity index is 1170. The zero-order valence-corrected chi connectivity index (χ0v) is 16.7. The number of nitrogens with zero attached hydrogens (tertiary/aromatic N) is 2. The molecule has 0 radical (unpaired) electrons. The summed E-state index contributed by atoms with van der Waals surface area (Å²) in [4.78, 5) is 27.4. The standard InChI is InChI=1S/C24H20FN3O3/c1-27-19-10-6-5-9-18(19)24(23(27)29)20(15-7-3-2-4-8-15)22(28(30)31)21(26-24)16-11-13-17(25)14-12-16/h2-14,20-22,26H,1H3/t20-,21+,22+,24?/m1/s1. The molecule has 0 aliphatic carbocycles. The van der Waals surface area contributed by atoms with Crippen molar-refractivity contribution in [1.29, 1.82) is 0 Å². The number of hydrogen-bond donors (Lipinski definition) is 1. The molecule has 3 aromatic carbocycles. The maximum Gasteiger partial charge on any atom is 0.252 e. The SMILES string of the molecule is CN1C(=O)C2(N[C@@H](c3ccc(F)cc3)[C@@H]([N+](=O)[O-])[C@H]2c2ccccc2)c2ccccc21. The minimum atomic E-state index is -1.30. The van der Waals surface area contributed by atoms with E-state index in [9.17, 15) is 19.3 Å². The molecule has 1 unspecified atom stereocenters. The van der Waals surface area contributed by atoms with Gasteiger partial charge in [0.25, 0.3) is 5.91 Å². The molecule has 156 valence electrons. The fourth-order valence-electron chi connectivity index (χ4n) is 5.20. The predicted octanol–water partition coefficient (Wildman–Crippen LogP) is 3.77. The molecule has 4 atom stereocenters. The largest absolute Gasteiger partial charge is 0.313 e. The number of nitro groups is 1. The summed E-state index contributed by atoms with van der Waals surface area (Å²) >= 11 is 0. The first-order valence-corrected chi connectivity index (χ1v) is 10.0. The van der Waals surface area contributed by atoms with Crippen LogP contribution in [0.25, 0.3) is 0 Å². The van der Waals surface area contributed by atoms with Crippen molar-refractivity contribution >= 4 is 11.6 Å². The van der Waals surface area contributed by atoms with Crippen LogP contribution in [0.5, 0.6) is 0 Å². The van der Waals surface area contributed by atoms with E-state index in [1.54, 1.807) is 24.1 Å². The fourth-order valence-corrected chi connectivity index (χ4v) is 5.20. The highest BCUT2D eigenvalue weighted by Crippen LogP contribution is 2.56.